The first-order valence-corrected chi connectivity index (χ1v) is 9.45. The molecule has 144 valence electrons. The normalized spacial score (nSPS) is 17.7. The van der Waals surface area contributed by atoms with Gasteiger partial charge in [0, 0.05) is 31.5 Å². The van der Waals surface area contributed by atoms with E-state index in [-0.39, 0.29) is 17.5 Å². The van der Waals surface area contributed by atoms with Gasteiger partial charge < -0.3 is 5.73 Å². The van der Waals surface area contributed by atoms with Crippen LogP contribution in [0.2, 0.25) is 0 Å². The van der Waals surface area contributed by atoms with E-state index in [1.54, 1.807) is 5.38 Å². The molecule has 3 rings (SSSR count). The molecule has 1 aromatic heterocycles. The zero-order chi connectivity index (χ0) is 19.6. The van der Waals surface area contributed by atoms with Crippen LogP contribution in [0.5, 0.6) is 0 Å². The number of thiazole rings is 1. The zero-order valence-corrected chi connectivity index (χ0v) is 15.6. The fourth-order valence-corrected chi connectivity index (χ4v) is 4.07. The van der Waals surface area contributed by atoms with Crippen molar-refractivity contribution < 1.29 is 18.4 Å². The maximum atomic E-state index is 14.1. The summed E-state index contributed by atoms with van der Waals surface area (Å²) in [5, 5.41) is 2.10. The first-order valence-electron chi connectivity index (χ1n) is 8.57. The van der Waals surface area contributed by atoms with E-state index in [0.29, 0.717) is 23.9 Å². The molecule has 2 N–H and O–H groups in total. The SMILES string of the molecule is CC(=O)N(c1nc(CN2CCC[C@@H](C(N)=O)C2)cs1)c1ccc(F)cc1F. The van der Waals surface area contributed by atoms with Crippen molar-refractivity contribution in [2.45, 2.75) is 26.3 Å². The third-order valence-electron chi connectivity index (χ3n) is 4.49. The standard InChI is InChI=1S/C18H20F2N4O2S/c1-11(25)24(16-5-4-13(19)7-15(16)20)18-22-14(10-27-18)9-23-6-2-3-12(8-23)17(21)26/h4-5,7,10,12H,2-3,6,8-9H2,1H3,(H2,21,26)/t12-/m1/s1. The van der Waals surface area contributed by atoms with Gasteiger partial charge in [-0.25, -0.2) is 13.8 Å². The average Bonchev–Trinajstić information content (AvgIpc) is 3.05. The van der Waals surface area contributed by atoms with E-state index in [4.69, 9.17) is 5.73 Å². The van der Waals surface area contributed by atoms with Crippen molar-refractivity contribution in [3.8, 4) is 0 Å². The van der Waals surface area contributed by atoms with Crippen LogP contribution >= 0.6 is 11.3 Å². The van der Waals surface area contributed by atoms with Crippen LogP contribution in [0, 0.1) is 17.6 Å². The Balaban J connectivity index is 1.78. The van der Waals surface area contributed by atoms with E-state index in [2.05, 4.69) is 9.88 Å². The Kier molecular flexibility index (Phi) is 5.81. The lowest BCUT2D eigenvalue weighted by atomic mass is 9.97. The van der Waals surface area contributed by atoms with Crippen LogP contribution in [0.4, 0.5) is 19.6 Å². The van der Waals surface area contributed by atoms with Crippen LogP contribution < -0.4 is 10.6 Å². The third kappa shape index (κ3) is 4.48. The van der Waals surface area contributed by atoms with Gasteiger partial charge in [-0.1, -0.05) is 0 Å². The van der Waals surface area contributed by atoms with E-state index in [1.165, 1.54) is 24.3 Å². The maximum Gasteiger partial charge on any atom is 0.230 e. The number of amides is 2. The van der Waals surface area contributed by atoms with Crippen LogP contribution in [0.25, 0.3) is 0 Å². The third-order valence-corrected chi connectivity index (χ3v) is 5.36. The topological polar surface area (TPSA) is 79.5 Å². The summed E-state index contributed by atoms with van der Waals surface area (Å²) in [6, 6.07) is 3.05. The Morgan fingerprint density at radius 1 is 1.41 bits per heavy atom. The highest BCUT2D eigenvalue weighted by atomic mass is 32.1. The molecule has 9 heteroatoms. The van der Waals surface area contributed by atoms with Crippen LogP contribution in [0.3, 0.4) is 0 Å². The molecule has 0 aliphatic carbocycles. The van der Waals surface area contributed by atoms with Gasteiger partial charge in [0.15, 0.2) is 5.13 Å². The monoisotopic (exact) mass is 394 g/mol. The van der Waals surface area contributed by atoms with Crippen molar-refractivity contribution in [2.75, 3.05) is 18.0 Å². The second-order valence-electron chi connectivity index (χ2n) is 6.55. The molecule has 2 heterocycles. The first kappa shape index (κ1) is 19.4. The first-order chi connectivity index (χ1) is 12.8. The fourth-order valence-electron chi connectivity index (χ4n) is 3.20. The predicted octanol–water partition coefficient (Wildman–Crippen LogP) is 2.80. The van der Waals surface area contributed by atoms with E-state index in [9.17, 15) is 18.4 Å². The minimum absolute atomic E-state index is 0.0448. The minimum atomic E-state index is -0.831. The number of halogens is 2. The quantitative estimate of drug-likeness (QED) is 0.846. The van der Waals surface area contributed by atoms with Gasteiger partial charge in [0.05, 0.1) is 17.3 Å². The smallest absolute Gasteiger partial charge is 0.230 e. The van der Waals surface area contributed by atoms with Crippen LogP contribution in [0.15, 0.2) is 23.6 Å². The molecule has 0 unspecified atom stereocenters. The Hall–Kier alpha value is -2.39. The molecule has 1 atom stereocenters. The molecule has 2 amide bonds. The van der Waals surface area contributed by atoms with Gasteiger partial charge >= 0.3 is 0 Å². The zero-order valence-electron chi connectivity index (χ0n) is 14.8. The predicted molar refractivity (Wildman–Crippen MR) is 98.5 cm³/mol. The molecule has 0 bridgehead atoms. The van der Waals surface area contributed by atoms with E-state index < -0.39 is 17.5 Å². The largest absolute Gasteiger partial charge is 0.369 e. The number of carbonyl (C=O) groups is 2. The minimum Gasteiger partial charge on any atom is -0.369 e. The van der Waals surface area contributed by atoms with Gasteiger partial charge in [0.2, 0.25) is 11.8 Å². The number of nitrogens with zero attached hydrogens (tertiary/aromatic N) is 3. The molecule has 1 aliphatic rings. The number of carbonyl (C=O) groups excluding carboxylic acids is 2. The van der Waals surface area contributed by atoms with E-state index >= 15 is 0 Å². The summed E-state index contributed by atoms with van der Waals surface area (Å²) in [4.78, 5) is 31.1. The Bertz CT molecular complexity index is 858. The van der Waals surface area contributed by atoms with Crippen LogP contribution in [-0.4, -0.2) is 34.8 Å². The van der Waals surface area contributed by atoms with Gasteiger partial charge in [0.25, 0.3) is 0 Å². The molecular weight excluding hydrogens is 374 g/mol. The van der Waals surface area contributed by atoms with Gasteiger partial charge in [-0.2, -0.15) is 0 Å². The number of likely N-dealkylation sites (tertiary alicyclic amines) is 1. The molecular formula is C18H20F2N4O2S. The number of primary amides is 1. The summed E-state index contributed by atoms with van der Waals surface area (Å²) in [7, 11) is 0. The van der Waals surface area contributed by atoms with Crippen molar-refractivity contribution in [3.63, 3.8) is 0 Å². The van der Waals surface area contributed by atoms with Gasteiger partial charge in [-0.15, -0.1) is 11.3 Å². The number of piperidine rings is 1. The number of aromatic nitrogens is 1. The van der Waals surface area contributed by atoms with Gasteiger partial charge in [0.1, 0.15) is 11.6 Å². The molecule has 0 saturated carbocycles. The van der Waals surface area contributed by atoms with Crippen molar-refractivity contribution in [1.29, 1.82) is 0 Å². The summed E-state index contributed by atoms with van der Waals surface area (Å²) in [6.07, 6.45) is 1.67. The highest BCUT2D eigenvalue weighted by Crippen LogP contribution is 2.31. The number of rotatable bonds is 5. The number of hydrogen-bond donors (Lipinski definition) is 1. The Morgan fingerprint density at radius 2 is 2.19 bits per heavy atom. The average molecular weight is 394 g/mol. The summed E-state index contributed by atoms with van der Waals surface area (Å²) >= 11 is 1.20. The Morgan fingerprint density at radius 3 is 2.85 bits per heavy atom. The van der Waals surface area contributed by atoms with Gasteiger partial charge in [-0.3, -0.25) is 19.4 Å². The molecule has 1 saturated heterocycles. The lowest BCUT2D eigenvalue weighted by Crippen LogP contribution is -2.40. The molecule has 0 radical (unpaired) electrons. The summed E-state index contributed by atoms with van der Waals surface area (Å²) in [5.74, 6) is -2.43. The second-order valence-corrected chi connectivity index (χ2v) is 7.38. The molecule has 1 aromatic carbocycles. The Labute approximate surface area is 159 Å². The highest BCUT2D eigenvalue weighted by Gasteiger charge is 2.26. The number of hydrogen-bond acceptors (Lipinski definition) is 5. The molecule has 27 heavy (non-hydrogen) atoms. The molecule has 0 spiro atoms. The number of nitrogens with two attached hydrogens (primary N) is 1. The van der Waals surface area contributed by atoms with Crippen molar-refractivity contribution >= 4 is 34.0 Å². The number of anilines is 2. The van der Waals surface area contributed by atoms with Crippen LogP contribution in [0.1, 0.15) is 25.5 Å². The molecule has 6 nitrogen and oxygen atoms in total. The van der Waals surface area contributed by atoms with Crippen molar-refractivity contribution in [2.24, 2.45) is 11.7 Å². The van der Waals surface area contributed by atoms with Gasteiger partial charge in [-0.05, 0) is 31.5 Å². The summed E-state index contributed by atoms with van der Waals surface area (Å²) in [6.45, 7) is 3.22. The van der Waals surface area contributed by atoms with Crippen molar-refractivity contribution in [1.82, 2.24) is 9.88 Å². The lowest BCUT2D eigenvalue weighted by molar-refractivity contribution is -0.123. The number of benzene rings is 1. The summed E-state index contributed by atoms with van der Waals surface area (Å²) < 4.78 is 27.3. The van der Waals surface area contributed by atoms with Crippen molar-refractivity contribution in [3.05, 3.63) is 40.9 Å². The fraction of sp³-hybridized carbons (Fsp3) is 0.389. The second kappa shape index (κ2) is 8.10. The maximum absolute atomic E-state index is 14.1. The van der Waals surface area contributed by atoms with Crippen LogP contribution in [-0.2, 0) is 16.1 Å². The lowest BCUT2D eigenvalue weighted by Gasteiger charge is -2.30. The molecule has 1 fully saturated rings. The molecule has 1 aliphatic heterocycles. The van der Waals surface area contributed by atoms with E-state index in [0.717, 1.165) is 36.4 Å². The van der Waals surface area contributed by atoms with E-state index in [1.807, 2.05) is 0 Å². The highest BCUT2D eigenvalue weighted by molar-refractivity contribution is 7.14. The summed E-state index contributed by atoms with van der Waals surface area (Å²) in [5.41, 5.74) is 6.08. The molecule has 2 aromatic rings.